The lowest BCUT2D eigenvalue weighted by molar-refractivity contribution is -0.160. The fraction of sp³-hybridized carbons (Fsp3) is 0.760. The highest BCUT2D eigenvalue weighted by atomic mass is 32.2. The smallest absolute Gasteiger partial charge is 0.306 e. The zero-order chi connectivity index (χ0) is 21.3. The number of allylic oxidation sites excluding steroid dienone is 3. The molecule has 0 aromatic carbocycles. The molecule has 7 atom stereocenters. The van der Waals surface area contributed by atoms with E-state index in [1.165, 1.54) is 11.1 Å². The first-order chi connectivity index (χ1) is 14.2. The first kappa shape index (κ1) is 20.8. The zero-order valence-corrected chi connectivity index (χ0v) is 19.2. The van der Waals surface area contributed by atoms with E-state index in [0.29, 0.717) is 42.6 Å². The average Bonchev–Trinajstić information content (AvgIpc) is 3.21. The molecule has 0 bridgehead atoms. The van der Waals surface area contributed by atoms with Crippen molar-refractivity contribution in [2.75, 3.05) is 5.75 Å². The van der Waals surface area contributed by atoms with Gasteiger partial charge in [0.25, 0.3) is 0 Å². The summed E-state index contributed by atoms with van der Waals surface area (Å²) in [6.45, 7) is 6.56. The number of rotatable bonds is 3. The third-order valence-electron chi connectivity index (χ3n) is 9.19. The number of hydrogen-bond acceptors (Lipinski definition) is 5. The summed E-state index contributed by atoms with van der Waals surface area (Å²) < 4.78 is 6.07. The quantitative estimate of drug-likeness (QED) is 0.523. The van der Waals surface area contributed by atoms with Gasteiger partial charge in [0.1, 0.15) is 11.4 Å². The van der Waals surface area contributed by atoms with Crippen molar-refractivity contribution >= 4 is 23.5 Å². The highest BCUT2D eigenvalue weighted by Gasteiger charge is 2.66. The van der Waals surface area contributed by atoms with Gasteiger partial charge < -0.3 is 9.84 Å². The third-order valence-corrected chi connectivity index (χ3v) is 10.7. The largest absolute Gasteiger partial charge is 0.458 e. The lowest BCUT2D eigenvalue weighted by atomic mass is 9.51. The Hall–Kier alpha value is -1.07. The Balaban J connectivity index is 1.57. The van der Waals surface area contributed by atoms with Crippen molar-refractivity contribution in [3.05, 3.63) is 23.3 Å². The second kappa shape index (κ2) is 6.96. The normalized spacial score (nSPS) is 45.9. The van der Waals surface area contributed by atoms with Gasteiger partial charge in [-0.15, -0.1) is 0 Å². The molecule has 5 aliphatic rings. The summed E-state index contributed by atoms with van der Waals surface area (Å²) in [5.41, 5.74) is 2.49. The van der Waals surface area contributed by atoms with Gasteiger partial charge in [-0.1, -0.05) is 37.1 Å². The molecular formula is C25H34O4S. The molecule has 1 saturated heterocycles. The zero-order valence-electron chi connectivity index (χ0n) is 18.4. The lowest BCUT2D eigenvalue weighted by Gasteiger charge is -2.56. The molecule has 5 rings (SSSR count). The van der Waals surface area contributed by atoms with Crippen LogP contribution in [0.25, 0.3) is 0 Å². The number of carbonyl (C=O) groups is 2. The Morgan fingerprint density at radius 3 is 2.73 bits per heavy atom. The van der Waals surface area contributed by atoms with Gasteiger partial charge in [0.15, 0.2) is 0 Å². The van der Waals surface area contributed by atoms with E-state index >= 15 is 0 Å². The average molecular weight is 431 g/mol. The molecule has 1 aliphatic heterocycles. The van der Waals surface area contributed by atoms with Gasteiger partial charge >= 0.3 is 5.97 Å². The molecule has 1 heterocycles. The number of aliphatic hydroxyl groups excluding tert-OH is 1. The molecular weight excluding hydrogens is 396 g/mol. The van der Waals surface area contributed by atoms with E-state index in [9.17, 15) is 14.7 Å². The van der Waals surface area contributed by atoms with E-state index in [4.69, 9.17) is 4.74 Å². The maximum absolute atomic E-state index is 12.3. The molecule has 0 aromatic heterocycles. The summed E-state index contributed by atoms with van der Waals surface area (Å²) in [5.74, 6) is 1.90. The highest BCUT2D eigenvalue weighted by molar-refractivity contribution is 8.00. The van der Waals surface area contributed by atoms with E-state index in [-0.39, 0.29) is 33.8 Å². The lowest BCUT2D eigenvalue weighted by Crippen LogP contribution is -2.52. The predicted octanol–water partition coefficient (Wildman–Crippen LogP) is 4.61. The van der Waals surface area contributed by atoms with E-state index in [0.717, 1.165) is 32.1 Å². The van der Waals surface area contributed by atoms with Crippen molar-refractivity contribution in [3.8, 4) is 0 Å². The topological polar surface area (TPSA) is 63.6 Å². The van der Waals surface area contributed by atoms with Gasteiger partial charge in [0, 0.05) is 41.1 Å². The minimum Gasteiger partial charge on any atom is -0.458 e. The molecule has 1 spiro atoms. The fourth-order valence-corrected chi connectivity index (χ4v) is 8.75. The van der Waals surface area contributed by atoms with E-state index < -0.39 is 0 Å². The number of ether oxygens (including phenoxy) is 1. The minimum absolute atomic E-state index is 0.0100. The van der Waals surface area contributed by atoms with Crippen molar-refractivity contribution in [2.24, 2.45) is 22.7 Å². The maximum atomic E-state index is 12.3. The van der Waals surface area contributed by atoms with Crippen LogP contribution in [-0.2, 0) is 14.3 Å². The van der Waals surface area contributed by atoms with Gasteiger partial charge in [-0.2, -0.15) is 11.8 Å². The van der Waals surface area contributed by atoms with Crippen LogP contribution < -0.4 is 0 Å². The molecule has 2 saturated carbocycles. The number of aliphatic hydroxyl groups is 1. The standard InChI is InChI=1S/C25H34O4S/c1-15(26)14-30-20-13-16-12-17(27)4-8-23(16,2)18-5-9-24(3)19(22(18)20)6-10-25(24)11-7-21(28)29-25/h5,13,15,19-20,22,26H,4,6-12,14H2,1-3H3/t15?,19?,20-,22?,23+,24+,25-/m1/s1. The number of esters is 1. The number of fused-ring (bicyclic) bond motifs is 6. The summed E-state index contributed by atoms with van der Waals surface area (Å²) in [5, 5.41) is 10.2. The number of Topliss-reactive ketones (excluding diaryl/α,β-unsaturated/α-hetero) is 1. The maximum Gasteiger partial charge on any atom is 0.306 e. The second-order valence-electron chi connectivity index (χ2n) is 10.8. The third kappa shape index (κ3) is 2.83. The van der Waals surface area contributed by atoms with Gasteiger partial charge in [-0.25, -0.2) is 0 Å². The second-order valence-corrected chi connectivity index (χ2v) is 12.0. The summed E-state index contributed by atoms with van der Waals surface area (Å²) in [6, 6.07) is 0. The Bertz CT molecular complexity index is 844. The van der Waals surface area contributed by atoms with Crippen molar-refractivity contribution in [2.45, 2.75) is 89.1 Å². The molecule has 4 nitrogen and oxygen atoms in total. The van der Waals surface area contributed by atoms with Crippen LogP contribution in [0.3, 0.4) is 0 Å². The number of hydrogen-bond donors (Lipinski definition) is 1. The number of thioether (sulfide) groups is 1. The van der Waals surface area contributed by atoms with Crippen LogP contribution in [-0.4, -0.2) is 39.6 Å². The van der Waals surface area contributed by atoms with Gasteiger partial charge in [-0.3, -0.25) is 9.59 Å². The predicted molar refractivity (Wildman–Crippen MR) is 118 cm³/mol. The molecule has 30 heavy (non-hydrogen) atoms. The molecule has 3 fully saturated rings. The van der Waals surface area contributed by atoms with E-state index in [1.54, 1.807) is 0 Å². The number of ketones is 1. The summed E-state index contributed by atoms with van der Waals surface area (Å²) in [4.78, 5) is 24.4. The van der Waals surface area contributed by atoms with Crippen molar-refractivity contribution < 1.29 is 19.4 Å². The molecule has 164 valence electrons. The van der Waals surface area contributed by atoms with Crippen molar-refractivity contribution in [1.82, 2.24) is 0 Å². The summed E-state index contributed by atoms with van der Waals surface area (Å²) in [7, 11) is 0. The van der Waals surface area contributed by atoms with Gasteiger partial charge in [0.2, 0.25) is 0 Å². The monoisotopic (exact) mass is 430 g/mol. The Morgan fingerprint density at radius 2 is 2.03 bits per heavy atom. The molecule has 5 heteroatoms. The fourth-order valence-electron chi connectivity index (χ4n) is 7.44. The first-order valence-electron chi connectivity index (χ1n) is 11.6. The van der Waals surface area contributed by atoms with Crippen LogP contribution in [0.15, 0.2) is 23.3 Å². The Kier molecular flexibility index (Phi) is 4.83. The van der Waals surface area contributed by atoms with E-state index in [1.807, 2.05) is 18.7 Å². The first-order valence-corrected chi connectivity index (χ1v) is 12.7. The molecule has 0 amide bonds. The molecule has 4 aliphatic carbocycles. The van der Waals surface area contributed by atoms with Crippen molar-refractivity contribution in [1.29, 1.82) is 0 Å². The molecule has 0 radical (unpaired) electrons. The Morgan fingerprint density at radius 1 is 1.23 bits per heavy atom. The summed E-state index contributed by atoms with van der Waals surface area (Å²) in [6.07, 6.45) is 11.1. The molecule has 0 aromatic rings. The van der Waals surface area contributed by atoms with Crippen LogP contribution >= 0.6 is 11.8 Å². The van der Waals surface area contributed by atoms with Crippen molar-refractivity contribution in [3.63, 3.8) is 0 Å². The van der Waals surface area contributed by atoms with Crippen LogP contribution in [0.1, 0.15) is 72.1 Å². The van der Waals surface area contributed by atoms with Gasteiger partial charge in [-0.05, 0) is 50.9 Å². The minimum atomic E-state index is -0.345. The van der Waals surface area contributed by atoms with E-state index in [2.05, 4.69) is 26.0 Å². The summed E-state index contributed by atoms with van der Waals surface area (Å²) >= 11 is 1.84. The molecule has 1 N–H and O–H groups in total. The van der Waals surface area contributed by atoms with Crippen LogP contribution in [0.4, 0.5) is 0 Å². The SMILES string of the molecule is CC(O)CS[C@@H]1C=C2CC(=O)CC[C@]2(C)C2=CC[C@@]3(C)C(CC[C@@]34CCC(=O)O4)C21. The van der Waals surface area contributed by atoms with Gasteiger partial charge in [0.05, 0.1) is 6.10 Å². The van der Waals surface area contributed by atoms with Crippen LogP contribution in [0.2, 0.25) is 0 Å². The molecule has 3 unspecified atom stereocenters. The van der Waals surface area contributed by atoms with Crippen LogP contribution in [0.5, 0.6) is 0 Å². The number of carbonyl (C=O) groups excluding carboxylic acids is 2. The Labute approximate surface area is 183 Å². The van der Waals surface area contributed by atoms with Crippen LogP contribution in [0, 0.1) is 22.7 Å². The highest BCUT2D eigenvalue weighted by Crippen LogP contribution is 2.68.